The quantitative estimate of drug-likeness (QED) is 0.366. The number of nitrogens with one attached hydrogen (secondary N) is 2. The molecule has 0 saturated heterocycles. The molecule has 0 radical (unpaired) electrons. The van der Waals surface area contributed by atoms with E-state index in [1.165, 1.54) is 0 Å². The molecule has 0 aliphatic heterocycles. The summed E-state index contributed by atoms with van der Waals surface area (Å²) in [5.74, 6) is -0.234. The van der Waals surface area contributed by atoms with E-state index in [0.717, 1.165) is 48.8 Å². The molecular formula is C29H47N3O4. The van der Waals surface area contributed by atoms with Crippen molar-refractivity contribution in [1.82, 2.24) is 15.5 Å². The molecule has 1 aromatic carbocycles. The van der Waals surface area contributed by atoms with Gasteiger partial charge in [0.2, 0.25) is 11.8 Å². The van der Waals surface area contributed by atoms with Gasteiger partial charge in [-0.1, -0.05) is 57.4 Å². The first-order valence-corrected chi connectivity index (χ1v) is 13.5. The Morgan fingerprint density at radius 1 is 1.11 bits per heavy atom. The van der Waals surface area contributed by atoms with E-state index in [9.17, 15) is 14.4 Å². The smallest absolute Gasteiger partial charge is 0.408 e. The highest BCUT2D eigenvalue weighted by molar-refractivity contribution is 5.92. The van der Waals surface area contributed by atoms with Crippen LogP contribution in [0.1, 0.15) is 103 Å². The predicted octanol–water partition coefficient (Wildman–Crippen LogP) is 5.58. The summed E-state index contributed by atoms with van der Waals surface area (Å²) >= 11 is 0. The number of nitrogens with zero attached hydrogens (tertiary/aromatic N) is 1. The van der Waals surface area contributed by atoms with Crippen LogP contribution in [0.15, 0.2) is 18.2 Å². The normalized spacial score (nSPS) is 15.2. The van der Waals surface area contributed by atoms with Gasteiger partial charge in [0.1, 0.15) is 17.7 Å². The number of unbranched alkanes of at least 4 members (excludes halogenated alkanes) is 2. The van der Waals surface area contributed by atoms with Gasteiger partial charge in [-0.05, 0) is 77.3 Å². The Bertz CT molecular complexity index is 902. The lowest BCUT2D eigenvalue weighted by molar-refractivity contribution is -0.143. The summed E-state index contributed by atoms with van der Waals surface area (Å²) in [7, 11) is 0. The fourth-order valence-electron chi connectivity index (χ4n) is 4.43. The van der Waals surface area contributed by atoms with E-state index < -0.39 is 23.8 Å². The van der Waals surface area contributed by atoms with Crippen molar-refractivity contribution in [3.8, 4) is 0 Å². The van der Waals surface area contributed by atoms with Gasteiger partial charge in [0.05, 0.1) is 0 Å². The molecule has 2 atom stereocenters. The molecule has 7 heteroatoms. The molecule has 1 aromatic rings. The van der Waals surface area contributed by atoms with E-state index in [1.54, 1.807) is 25.7 Å². The van der Waals surface area contributed by atoms with Gasteiger partial charge in [0, 0.05) is 12.6 Å². The standard InChI is InChI=1S/C29H47N3O4/c1-9-10-11-16-30-26(33)25(23-15-12-20(4)18-21(23)5)32(22-13-14-22)27(34)24(17-19(2)3)31-28(35)36-29(6,7)8/h12,15,18-19,22,24-25H,9-11,13-14,16-17H2,1-8H3,(H,30,33)(H,31,35). The number of benzene rings is 1. The number of amides is 3. The van der Waals surface area contributed by atoms with Crippen molar-refractivity contribution in [3.05, 3.63) is 34.9 Å². The second-order valence-electron chi connectivity index (χ2n) is 11.6. The molecule has 1 aliphatic rings. The van der Waals surface area contributed by atoms with Crippen molar-refractivity contribution < 1.29 is 19.1 Å². The third-order valence-corrected chi connectivity index (χ3v) is 6.22. The van der Waals surface area contributed by atoms with Gasteiger partial charge in [0.25, 0.3) is 0 Å². The summed E-state index contributed by atoms with van der Waals surface area (Å²) in [6.45, 7) is 16.1. The van der Waals surface area contributed by atoms with E-state index in [-0.39, 0.29) is 23.8 Å². The fraction of sp³-hybridized carbons (Fsp3) is 0.690. The number of rotatable bonds is 12. The highest BCUT2D eigenvalue weighted by Gasteiger charge is 2.44. The van der Waals surface area contributed by atoms with Crippen LogP contribution in [0, 0.1) is 19.8 Å². The van der Waals surface area contributed by atoms with Crippen molar-refractivity contribution in [3.63, 3.8) is 0 Å². The van der Waals surface area contributed by atoms with Crippen LogP contribution < -0.4 is 10.6 Å². The number of hydrogen-bond acceptors (Lipinski definition) is 4. The van der Waals surface area contributed by atoms with E-state index in [2.05, 4.69) is 17.6 Å². The van der Waals surface area contributed by atoms with Gasteiger partial charge in [-0.25, -0.2) is 4.79 Å². The largest absolute Gasteiger partial charge is 0.444 e. The van der Waals surface area contributed by atoms with Crippen molar-refractivity contribution in [2.24, 2.45) is 5.92 Å². The van der Waals surface area contributed by atoms with Gasteiger partial charge in [-0.3, -0.25) is 9.59 Å². The second kappa shape index (κ2) is 13.1. The Balaban J connectivity index is 2.43. The van der Waals surface area contributed by atoms with E-state index >= 15 is 0 Å². The molecule has 1 saturated carbocycles. The van der Waals surface area contributed by atoms with Crippen LogP contribution in [0.3, 0.4) is 0 Å². The van der Waals surface area contributed by atoms with E-state index in [1.807, 2.05) is 45.9 Å². The molecule has 202 valence electrons. The van der Waals surface area contributed by atoms with Crippen LogP contribution in [0.25, 0.3) is 0 Å². The van der Waals surface area contributed by atoms with Crippen molar-refractivity contribution in [2.75, 3.05) is 6.54 Å². The lowest BCUT2D eigenvalue weighted by Gasteiger charge is -2.35. The van der Waals surface area contributed by atoms with Gasteiger partial charge in [0.15, 0.2) is 0 Å². The molecule has 3 amide bonds. The summed E-state index contributed by atoms with van der Waals surface area (Å²) in [5, 5.41) is 5.90. The molecule has 1 fully saturated rings. The second-order valence-corrected chi connectivity index (χ2v) is 11.6. The average Bonchev–Trinajstić information content (AvgIpc) is 3.58. The Morgan fingerprint density at radius 2 is 1.78 bits per heavy atom. The molecule has 0 heterocycles. The minimum atomic E-state index is -0.776. The molecule has 2 unspecified atom stereocenters. The predicted molar refractivity (Wildman–Crippen MR) is 144 cm³/mol. The maximum atomic E-state index is 14.1. The highest BCUT2D eigenvalue weighted by atomic mass is 16.6. The first kappa shape index (κ1) is 29.7. The summed E-state index contributed by atoms with van der Waals surface area (Å²) in [6, 6.07) is 4.44. The molecule has 2 rings (SSSR count). The van der Waals surface area contributed by atoms with Crippen LogP contribution in [0.4, 0.5) is 4.79 Å². The molecular weight excluding hydrogens is 454 g/mol. The van der Waals surface area contributed by atoms with Crippen molar-refractivity contribution in [2.45, 2.75) is 118 Å². The third-order valence-electron chi connectivity index (χ3n) is 6.22. The van der Waals surface area contributed by atoms with E-state index in [0.29, 0.717) is 13.0 Å². The Kier molecular flexibility index (Phi) is 10.8. The highest BCUT2D eigenvalue weighted by Crippen LogP contribution is 2.37. The third kappa shape index (κ3) is 9.14. The average molecular weight is 502 g/mol. The lowest BCUT2D eigenvalue weighted by Crippen LogP contribution is -2.54. The Morgan fingerprint density at radius 3 is 2.31 bits per heavy atom. The van der Waals surface area contributed by atoms with Crippen LogP contribution in [-0.2, 0) is 14.3 Å². The minimum Gasteiger partial charge on any atom is -0.444 e. The molecule has 1 aliphatic carbocycles. The Hall–Kier alpha value is -2.57. The molecule has 7 nitrogen and oxygen atoms in total. The van der Waals surface area contributed by atoms with Crippen molar-refractivity contribution >= 4 is 17.9 Å². The summed E-state index contributed by atoms with van der Waals surface area (Å²) in [5.41, 5.74) is 2.23. The number of carbonyl (C=O) groups excluding carboxylic acids is 3. The van der Waals surface area contributed by atoms with Gasteiger partial charge >= 0.3 is 6.09 Å². The summed E-state index contributed by atoms with van der Waals surface area (Å²) in [4.78, 5) is 42.2. The van der Waals surface area contributed by atoms with Gasteiger partial charge in [-0.15, -0.1) is 0 Å². The van der Waals surface area contributed by atoms with Crippen LogP contribution in [-0.4, -0.2) is 47.0 Å². The topological polar surface area (TPSA) is 87.7 Å². The monoisotopic (exact) mass is 501 g/mol. The zero-order valence-electron chi connectivity index (χ0n) is 23.6. The van der Waals surface area contributed by atoms with Crippen LogP contribution in [0.2, 0.25) is 0 Å². The SMILES string of the molecule is CCCCCNC(=O)C(c1ccc(C)cc1C)N(C(=O)C(CC(C)C)NC(=O)OC(C)(C)C)C1CC1. The Labute approximate surface area is 217 Å². The molecule has 0 aromatic heterocycles. The summed E-state index contributed by atoms with van der Waals surface area (Å²) in [6.07, 6.45) is 4.53. The number of aryl methyl sites for hydroxylation is 2. The maximum Gasteiger partial charge on any atom is 0.408 e. The molecule has 36 heavy (non-hydrogen) atoms. The van der Waals surface area contributed by atoms with Gasteiger partial charge in [-0.2, -0.15) is 0 Å². The number of ether oxygens (including phenoxy) is 1. The summed E-state index contributed by atoms with van der Waals surface area (Å²) < 4.78 is 5.46. The molecule has 2 N–H and O–H groups in total. The first-order valence-electron chi connectivity index (χ1n) is 13.5. The number of carbonyl (C=O) groups is 3. The zero-order valence-corrected chi connectivity index (χ0v) is 23.6. The number of hydrogen-bond donors (Lipinski definition) is 2. The zero-order chi connectivity index (χ0) is 27.0. The minimum absolute atomic E-state index is 0.0281. The lowest BCUT2D eigenvalue weighted by atomic mass is 9.95. The maximum absolute atomic E-state index is 14.1. The van der Waals surface area contributed by atoms with Crippen molar-refractivity contribution in [1.29, 1.82) is 0 Å². The van der Waals surface area contributed by atoms with E-state index in [4.69, 9.17) is 4.74 Å². The van der Waals surface area contributed by atoms with Crippen LogP contribution in [0.5, 0.6) is 0 Å². The first-order chi connectivity index (χ1) is 16.8. The fourth-order valence-corrected chi connectivity index (χ4v) is 4.43. The number of alkyl carbamates (subject to hydrolysis) is 1. The molecule has 0 spiro atoms. The van der Waals surface area contributed by atoms with Crippen LogP contribution >= 0.6 is 0 Å². The molecule has 0 bridgehead atoms. The van der Waals surface area contributed by atoms with Gasteiger partial charge < -0.3 is 20.3 Å².